The number of unbranched alkanes of at least 4 members (excludes halogenated alkanes) is 1. The van der Waals surface area contributed by atoms with Crippen LogP contribution in [0.1, 0.15) is 25.5 Å². The summed E-state index contributed by atoms with van der Waals surface area (Å²) in [6.07, 6.45) is 1.85. The molecular weight excluding hydrogens is 278 g/mol. The molecule has 0 aliphatic carbocycles. The van der Waals surface area contributed by atoms with E-state index in [0.717, 1.165) is 12.8 Å². The van der Waals surface area contributed by atoms with Crippen molar-refractivity contribution in [3.8, 4) is 0 Å². The molecule has 0 amide bonds. The van der Waals surface area contributed by atoms with E-state index in [9.17, 15) is 10.1 Å². The van der Waals surface area contributed by atoms with Gasteiger partial charge in [0, 0.05) is 19.2 Å². The zero-order valence-corrected chi connectivity index (χ0v) is 11.8. The first-order chi connectivity index (χ1) is 10.0. The largest absolute Gasteiger partial charge is 0.409 e. The van der Waals surface area contributed by atoms with Crippen LogP contribution in [0.2, 0.25) is 0 Å². The predicted molar refractivity (Wildman–Crippen MR) is 77.6 cm³/mol. The molecule has 0 atom stereocenters. The van der Waals surface area contributed by atoms with E-state index in [-0.39, 0.29) is 18.0 Å². The van der Waals surface area contributed by atoms with Crippen molar-refractivity contribution in [2.75, 3.05) is 24.6 Å². The van der Waals surface area contributed by atoms with Crippen LogP contribution in [0, 0.1) is 10.1 Å². The molecule has 0 radical (unpaired) electrons. The van der Waals surface area contributed by atoms with Crippen molar-refractivity contribution in [2.24, 2.45) is 10.9 Å². The second-order valence-electron chi connectivity index (χ2n) is 4.34. The van der Waals surface area contributed by atoms with Gasteiger partial charge in [0.1, 0.15) is 5.82 Å². The van der Waals surface area contributed by atoms with Crippen molar-refractivity contribution >= 4 is 17.3 Å². The molecule has 1 aromatic rings. The molecule has 0 saturated carbocycles. The lowest BCUT2D eigenvalue weighted by Crippen LogP contribution is -2.29. The van der Waals surface area contributed by atoms with E-state index in [2.05, 4.69) is 10.1 Å². The number of nitro groups is 1. The summed E-state index contributed by atoms with van der Waals surface area (Å²) in [7, 11) is 0. The minimum atomic E-state index is -0.646. The molecule has 0 fully saturated rings. The highest BCUT2D eigenvalue weighted by Gasteiger charge is 2.21. The van der Waals surface area contributed by atoms with E-state index < -0.39 is 10.8 Å². The van der Waals surface area contributed by atoms with Gasteiger partial charge in [-0.1, -0.05) is 18.5 Å². The van der Waals surface area contributed by atoms with E-state index in [1.54, 1.807) is 4.90 Å². The Morgan fingerprint density at radius 1 is 1.52 bits per heavy atom. The van der Waals surface area contributed by atoms with Crippen LogP contribution in [0.3, 0.4) is 0 Å². The average Bonchev–Trinajstić information content (AvgIpc) is 2.49. The van der Waals surface area contributed by atoms with Gasteiger partial charge < -0.3 is 20.9 Å². The SMILES string of the molecule is CCCCN(CCO)c1ccc([N+](=O)[O-])c(/C(N)=N/O)n1. The molecule has 0 aliphatic heterocycles. The summed E-state index contributed by atoms with van der Waals surface area (Å²) in [4.78, 5) is 16.2. The minimum absolute atomic E-state index is 0.0682. The topological polar surface area (TPSA) is 138 Å². The van der Waals surface area contributed by atoms with Crippen LogP contribution < -0.4 is 10.6 Å². The first-order valence-corrected chi connectivity index (χ1v) is 6.54. The standard InChI is InChI=1S/C12H19N5O4/c1-2-3-6-16(7-8-18)10-5-4-9(17(20)21)11(14-10)12(13)15-19/h4-5,18-19H,2-3,6-8H2,1H3,(H2,13,15). The van der Waals surface area contributed by atoms with Gasteiger partial charge >= 0.3 is 0 Å². The van der Waals surface area contributed by atoms with Crippen LogP contribution in [0.25, 0.3) is 0 Å². The number of aliphatic hydroxyl groups is 1. The van der Waals surface area contributed by atoms with Crippen LogP contribution in [0.4, 0.5) is 11.5 Å². The Hall–Kier alpha value is -2.42. The quantitative estimate of drug-likeness (QED) is 0.211. The summed E-state index contributed by atoms with van der Waals surface area (Å²) in [5.74, 6) is 0.00712. The fourth-order valence-corrected chi connectivity index (χ4v) is 1.81. The molecule has 1 aromatic heterocycles. The van der Waals surface area contributed by atoms with Crippen molar-refractivity contribution in [1.82, 2.24) is 4.98 Å². The number of nitrogens with zero attached hydrogens (tertiary/aromatic N) is 4. The lowest BCUT2D eigenvalue weighted by atomic mass is 10.2. The Kier molecular flexibility index (Phi) is 6.34. The van der Waals surface area contributed by atoms with Gasteiger partial charge in [-0.05, 0) is 12.5 Å². The fourth-order valence-electron chi connectivity index (χ4n) is 1.81. The summed E-state index contributed by atoms with van der Waals surface area (Å²) in [5.41, 5.74) is 4.91. The van der Waals surface area contributed by atoms with E-state index in [0.29, 0.717) is 18.9 Å². The second kappa shape index (κ2) is 8.00. The molecule has 116 valence electrons. The first kappa shape index (κ1) is 16.6. The summed E-state index contributed by atoms with van der Waals surface area (Å²) in [6.45, 7) is 2.96. The highest BCUT2D eigenvalue weighted by atomic mass is 16.6. The van der Waals surface area contributed by atoms with Crippen molar-refractivity contribution in [3.05, 3.63) is 27.9 Å². The Morgan fingerprint density at radius 3 is 2.76 bits per heavy atom. The van der Waals surface area contributed by atoms with Gasteiger partial charge in [-0.25, -0.2) is 4.98 Å². The van der Waals surface area contributed by atoms with Crippen molar-refractivity contribution < 1.29 is 15.2 Å². The first-order valence-electron chi connectivity index (χ1n) is 6.54. The van der Waals surface area contributed by atoms with E-state index in [1.807, 2.05) is 6.92 Å². The smallest absolute Gasteiger partial charge is 0.298 e. The average molecular weight is 297 g/mol. The maximum Gasteiger partial charge on any atom is 0.298 e. The second-order valence-corrected chi connectivity index (χ2v) is 4.34. The molecule has 0 bridgehead atoms. The predicted octanol–water partition coefficient (Wildman–Crippen LogP) is 0.683. The van der Waals surface area contributed by atoms with E-state index in [1.165, 1.54) is 12.1 Å². The molecule has 0 aromatic carbocycles. The Bertz CT molecular complexity index is 520. The lowest BCUT2D eigenvalue weighted by Gasteiger charge is -2.22. The molecule has 0 unspecified atom stereocenters. The molecular formula is C12H19N5O4. The molecule has 21 heavy (non-hydrogen) atoms. The van der Waals surface area contributed by atoms with Gasteiger partial charge in [-0.3, -0.25) is 10.1 Å². The zero-order chi connectivity index (χ0) is 15.8. The number of nitrogens with two attached hydrogens (primary N) is 1. The van der Waals surface area contributed by atoms with Gasteiger partial charge in [0.25, 0.3) is 5.69 Å². The number of hydrogen-bond acceptors (Lipinski definition) is 7. The molecule has 1 heterocycles. The molecule has 0 aliphatic rings. The normalized spacial score (nSPS) is 11.4. The van der Waals surface area contributed by atoms with Gasteiger partial charge in [0.2, 0.25) is 0 Å². The van der Waals surface area contributed by atoms with Crippen molar-refractivity contribution in [1.29, 1.82) is 0 Å². The molecule has 9 nitrogen and oxygen atoms in total. The van der Waals surface area contributed by atoms with Crippen LogP contribution in [-0.2, 0) is 0 Å². The fraction of sp³-hybridized carbons (Fsp3) is 0.500. The lowest BCUT2D eigenvalue weighted by molar-refractivity contribution is -0.385. The van der Waals surface area contributed by atoms with Gasteiger partial charge in [0.15, 0.2) is 11.5 Å². The van der Waals surface area contributed by atoms with Crippen LogP contribution in [0.5, 0.6) is 0 Å². The van der Waals surface area contributed by atoms with Gasteiger partial charge in [-0.2, -0.15) is 0 Å². The number of rotatable bonds is 8. The number of pyridine rings is 1. The zero-order valence-electron chi connectivity index (χ0n) is 11.8. The molecule has 9 heteroatoms. The highest BCUT2D eigenvalue weighted by molar-refractivity contribution is 5.99. The maximum absolute atomic E-state index is 10.9. The number of oxime groups is 1. The number of hydrogen-bond donors (Lipinski definition) is 3. The number of anilines is 1. The number of aliphatic hydroxyl groups excluding tert-OH is 1. The molecule has 1 rings (SSSR count). The number of aromatic nitrogens is 1. The third kappa shape index (κ3) is 4.28. The molecule has 4 N–H and O–H groups in total. The van der Waals surface area contributed by atoms with E-state index >= 15 is 0 Å². The monoisotopic (exact) mass is 297 g/mol. The van der Waals surface area contributed by atoms with Crippen LogP contribution in [0.15, 0.2) is 17.3 Å². The maximum atomic E-state index is 10.9. The molecule has 0 spiro atoms. The third-order valence-electron chi connectivity index (χ3n) is 2.88. The van der Waals surface area contributed by atoms with E-state index in [4.69, 9.17) is 16.0 Å². The number of amidine groups is 1. The summed E-state index contributed by atoms with van der Waals surface area (Å²) in [6, 6.07) is 2.74. The third-order valence-corrected chi connectivity index (χ3v) is 2.88. The van der Waals surface area contributed by atoms with Crippen molar-refractivity contribution in [3.63, 3.8) is 0 Å². The van der Waals surface area contributed by atoms with Crippen LogP contribution in [-0.4, -0.2) is 45.8 Å². The Balaban J connectivity index is 3.21. The summed E-state index contributed by atoms with van der Waals surface area (Å²) < 4.78 is 0. The van der Waals surface area contributed by atoms with Crippen LogP contribution >= 0.6 is 0 Å². The van der Waals surface area contributed by atoms with Gasteiger partial charge in [0.05, 0.1) is 11.5 Å². The Morgan fingerprint density at radius 2 is 2.24 bits per heavy atom. The van der Waals surface area contributed by atoms with Gasteiger partial charge in [-0.15, -0.1) is 0 Å². The highest BCUT2D eigenvalue weighted by Crippen LogP contribution is 2.21. The Labute approximate surface area is 121 Å². The minimum Gasteiger partial charge on any atom is -0.409 e. The summed E-state index contributed by atoms with van der Waals surface area (Å²) in [5, 5.41) is 31.5. The molecule has 0 saturated heterocycles. The summed E-state index contributed by atoms with van der Waals surface area (Å²) >= 11 is 0. The van der Waals surface area contributed by atoms with Crippen molar-refractivity contribution in [2.45, 2.75) is 19.8 Å².